The molecule has 0 aromatic heterocycles. The van der Waals surface area contributed by atoms with Crippen LogP contribution < -0.4 is 0 Å². The average molecular weight is 269 g/mol. The van der Waals surface area contributed by atoms with Crippen LogP contribution in [0.4, 0.5) is 0 Å². The van der Waals surface area contributed by atoms with Gasteiger partial charge in [-0.2, -0.15) is 0 Å². The Kier molecular flexibility index (Phi) is 4.42. The van der Waals surface area contributed by atoms with Gasteiger partial charge in [0.05, 0.1) is 31.3 Å². The fraction of sp³-hybridized carbons (Fsp3) is 1.00. The van der Waals surface area contributed by atoms with Crippen LogP contribution in [0.25, 0.3) is 0 Å². The minimum absolute atomic E-state index is 0.00118. The molecule has 0 amide bonds. The van der Waals surface area contributed by atoms with Gasteiger partial charge in [0.25, 0.3) is 0 Å². The Morgan fingerprint density at radius 2 is 1.89 bits per heavy atom. The molecule has 2 saturated heterocycles. The summed E-state index contributed by atoms with van der Waals surface area (Å²) in [6, 6.07) is 0.702. The van der Waals surface area contributed by atoms with Gasteiger partial charge in [-0.3, -0.25) is 4.90 Å². The van der Waals surface area contributed by atoms with Gasteiger partial charge in [-0.1, -0.05) is 12.8 Å². The molecular formula is C15H27NO3. The van der Waals surface area contributed by atoms with Crippen LogP contribution in [0.2, 0.25) is 0 Å². The second kappa shape index (κ2) is 6.08. The van der Waals surface area contributed by atoms with Crippen LogP contribution in [0.3, 0.4) is 0 Å². The van der Waals surface area contributed by atoms with E-state index in [-0.39, 0.29) is 12.0 Å². The Hall–Kier alpha value is -0.160. The molecule has 2 aliphatic heterocycles. The number of aliphatic hydroxyl groups excluding tert-OH is 1. The lowest BCUT2D eigenvalue weighted by Gasteiger charge is -2.45. The SMILES string of the molecule is OCC1(CN(CC2CCCO2)C2CCCC2)COC1. The summed E-state index contributed by atoms with van der Waals surface area (Å²) in [5, 5.41) is 9.65. The van der Waals surface area contributed by atoms with Crippen molar-refractivity contribution >= 4 is 0 Å². The van der Waals surface area contributed by atoms with Gasteiger partial charge in [-0.05, 0) is 25.7 Å². The van der Waals surface area contributed by atoms with Gasteiger partial charge in [0, 0.05) is 25.7 Å². The Labute approximate surface area is 116 Å². The van der Waals surface area contributed by atoms with Crippen LogP contribution in [0, 0.1) is 5.41 Å². The first-order valence-electron chi connectivity index (χ1n) is 7.86. The van der Waals surface area contributed by atoms with E-state index in [1.165, 1.54) is 38.5 Å². The van der Waals surface area contributed by atoms with Crippen molar-refractivity contribution in [1.82, 2.24) is 4.90 Å². The van der Waals surface area contributed by atoms with Crippen LogP contribution in [0.1, 0.15) is 38.5 Å². The Bertz CT molecular complexity index is 276. The molecule has 2 heterocycles. The molecule has 1 saturated carbocycles. The second-order valence-corrected chi connectivity index (χ2v) is 6.65. The number of hydrogen-bond acceptors (Lipinski definition) is 4. The monoisotopic (exact) mass is 269 g/mol. The van der Waals surface area contributed by atoms with Crippen molar-refractivity contribution in [3.8, 4) is 0 Å². The lowest BCUT2D eigenvalue weighted by Crippen LogP contribution is -2.56. The quantitative estimate of drug-likeness (QED) is 0.792. The van der Waals surface area contributed by atoms with E-state index in [0.29, 0.717) is 12.1 Å². The van der Waals surface area contributed by atoms with Crippen LogP contribution in [0.15, 0.2) is 0 Å². The minimum Gasteiger partial charge on any atom is -0.396 e. The molecule has 0 spiro atoms. The van der Waals surface area contributed by atoms with Crippen molar-refractivity contribution in [2.24, 2.45) is 5.41 Å². The van der Waals surface area contributed by atoms with Crippen molar-refractivity contribution in [3.63, 3.8) is 0 Å². The number of ether oxygens (including phenoxy) is 2. The molecule has 1 aliphatic carbocycles. The Morgan fingerprint density at radius 3 is 2.42 bits per heavy atom. The van der Waals surface area contributed by atoms with Crippen molar-refractivity contribution in [2.45, 2.75) is 50.7 Å². The summed E-state index contributed by atoms with van der Waals surface area (Å²) < 4.78 is 11.2. The van der Waals surface area contributed by atoms with Crippen molar-refractivity contribution in [2.75, 3.05) is 39.5 Å². The molecule has 3 fully saturated rings. The molecule has 1 N–H and O–H groups in total. The molecular weight excluding hydrogens is 242 g/mol. The summed E-state index contributed by atoms with van der Waals surface area (Å²) in [6.45, 7) is 4.65. The topological polar surface area (TPSA) is 41.9 Å². The standard InChI is InChI=1S/C15H27NO3/c17-10-15(11-18-12-15)9-16(13-4-1-2-5-13)8-14-6-3-7-19-14/h13-14,17H,1-12H2. The Balaban J connectivity index is 1.61. The van der Waals surface area contributed by atoms with Gasteiger partial charge in [0.2, 0.25) is 0 Å². The van der Waals surface area contributed by atoms with Gasteiger partial charge >= 0.3 is 0 Å². The van der Waals surface area contributed by atoms with E-state index < -0.39 is 0 Å². The normalized spacial score (nSPS) is 30.9. The fourth-order valence-corrected chi connectivity index (χ4v) is 3.72. The van der Waals surface area contributed by atoms with E-state index >= 15 is 0 Å². The molecule has 4 heteroatoms. The molecule has 1 atom stereocenters. The van der Waals surface area contributed by atoms with Crippen LogP contribution in [0.5, 0.6) is 0 Å². The van der Waals surface area contributed by atoms with Crippen molar-refractivity contribution < 1.29 is 14.6 Å². The largest absolute Gasteiger partial charge is 0.396 e. The van der Waals surface area contributed by atoms with E-state index in [1.807, 2.05) is 0 Å². The maximum atomic E-state index is 9.65. The van der Waals surface area contributed by atoms with Crippen LogP contribution >= 0.6 is 0 Å². The van der Waals surface area contributed by atoms with Crippen molar-refractivity contribution in [1.29, 1.82) is 0 Å². The summed E-state index contributed by atoms with van der Waals surface area (Å²) in [7, 11) is 0. The molecule has 3 aliphatic rings. The van der Waals surface area contributed by atoms with Gasteiger partial charge in [0.15, 0.2) is 0 Å². The fourth-order valence-electron chi connectivity index (χ4n) is 3.72. The van der Waals surface area contributed by atoms with E-state index in [1.54, 1.807) is 0 Å². The summed E-state index contributed by atoms with van der Waals surface area (Å²) in [5.74, 6) is 0. The van der Waals surface area contributed by atoms with Crippen LogP contribution in [-0.2, 0) is 9.47 Å². The zero-order chi connectivity index (χ0) is 13.1. The van der Waals surface area contributed by atoms with E-state index in [0.717, 1.165) is 32.9 Å². The highest BCUT2D eigenvalue weighted by molar-refractivity contribution is 4.92. The number of hydrogen-bond donors (Lipinski definition) is 1. The molecule has 0 aromatic carbocycles. The van der Waals surface area contributed by atoms with E-state index in [4.69, 9.17) is 9.47 Å². The summed E-state index contributed by atoms with van der Waals surface area (Å²) in [4.78, 5) is 2.60. The first kappa shape index (κ1) is 13.8. The summed E-state index contributed by atoms with van der Waals surface area (Å²) in [5.41, 5.74) is 0.00118. The Morgan fingerprint density at radius 1 is 1.11 bits per heavy atom. The van der Waals surface area contributed by atoms with Gasteiger partial charge in [0.1, 0.15) is 0 Å². The third-order valence-electron chi connectivity index (χ3n) is 4.99. The van der Waals surface area contributed by atoms with Gasteiger partial charge < -0.3 is 14.6 Å². The number of nitrogens with zero attached hydrogens (tertiary/aromatic N) is 1. The highest BCUT2D eigenvalue weighted by Crippen LogP contribution is 2.32. The smallest absolute Gasteiger partial charge is 0.0702 e. The first-order chi connectivity index (χ1) is 9.31. The number of aliphatic hydroxyl groups is 1. The predicted octanol–water partition coefficient (Wildman–Crippen LogP) is 1.42. The molecule has 0 bridgehead atoms. The zero-order valence-corrected chi connectivity index (χ0v) is 11.9. The van der Waals surface area contributed by atoms with Crippen molar-refractivity contribution in [3.05, 3.63) is 0 Å². The second-order valence-electron chi connectivity index (χ2n) is 6.65. The first-order valence-corrected chi connectivity index (χ1v) is 7.86. The minimum atomic E-state index is 0.00118. The average Bonchev–Trinajstić information content (AvgIpc) is 3.04. The third kappa shape index (κ3) is 3.13. The third-order valence-corrected chi connectivity index (χ3v) is 4.99. The lowest BCUT2D eigenvalue weighted by molar-refractivity contribution is -0.153. The molecule has 110 valence electrons. The predicted molar refractivity (Wildman–Crippen MR) is 73.1 cm³/mol. The molecule has 4 nitrogen and oxygen atoms in total. The highest BCUT2D eigenvalue weighted by Gasteiger charge is 2.41. The van der Waals surface area contributed by atoms with Crippen LogP contribution in [-0.4, -0.2) is 61.7 Å². The molecule has 0 radical (unpaired) electrons. The van der Waals surface area contributed by atoms with Gasteiger partial charge in [-0.25, -0.2) is 0 Å². The summed E-state index contributed by atoms with van der Waals surface area (Å²) in [6.07, 6.45) is 8.16. The van der Waals surface area contributed by atoms with Gasteiger partial charge in [-0.15, -0.1) is 0 Å². The molecule has 0 aromatic rings. The maximum Gasteiger partial charge on any atom is 0.0702 e. The maximum absolute atomic E-state index is 9.65. The number of rotatable bonds is 6. The lowest BCUT2D eigenvalue weighted by atomic mass is 9.85. The summed E-state index contributed by atoms with van der Waals surface area (Å²) >= 11 is 0. The van der Waals surface area contributed by atoms with E-state index in [2.05, 4.69) is 4.90 Å². The molecule has 1 unspecified atom stereocenters. The van der Waals surface area contributed by atoms with E-state index in [9.17, 15) is 5.11 Å². The molecule has 3 rings (SSSR count). The molecule has 19 heavy (non-hydrogen) atoms. The highest BCUT2D eigenvalue weighted by atomic mass is 16.5. The zero-order valence-electron chi connectivity index (χ0n) is 11.9.